The molecule has 1 amide bonds. The molecule has 0 saturated carbocycles. The predicted molar refractivity (Wildman–Crippen MR) is 112 cm³/mol. The fourth-order valence-corrected chi connectivity index (χ4v) is 4.57. The Balaban J connectivity index is 2.13. The topological polar surface area (TPSA) is 133 Å². The Morgan fingerprint density at radius 3 is 2.52 bits per heavy atom. The molecule has 1 saturated heterocycles. The van der Waals surface area contributed by atoms with Crippen LogP contribution in [0.2, 0.25) is 0 Å². The minimum atomic E-state index is -0.692. The van der Waals surface area contributed by atoms with Gasteiger partial charge >= 0.3 is 0 Å². The number of nitriles is 2. The molecule has 1 aromatic carbocycles. The number of nitrogens with zero attached hydrogens (tertiary/aromatic N) is 4. The van der Waals surface area contributed by atoms with Crippen LogP contribution < -0.4 is 16.4 Å². The van der Waals surface area contributed by atoms with Crippen molar-refractivity contribution in [2.24, 2.45) is 11.5 Å². The molecule has 7 nitrogen and oxygen atoms in total. The minimum absolute atomic E-state index is 0.0165. The van der Waals surface area contributed by atoms with Crippen molar-refractivity contribution in [2.45, 2.75) is 36.1 Å². The van der Waals surface area contributed by atoms with Gasteiger partial charge in [0.15, 0.2) is 0 Å². The quantitative estimate of drug-likeness (QED) is 0.703. The maximum absolute atomic E-state index is 12.2. The van der Waals surface area contributed by atoms with E-state index in [4.69, 9.17) is 11.5 Å². The van der Waals surface area contributed by atoms with Crippen molar-refractivity contribution in [2.75, 3.05) is 18.0 Å². The molecule has 0 spiro atoms. The predicted octanol–water partition coefficient (Wildman–Crippen LogP) is 2.24. The van der Waals surface area contributed by atoms with Crippen molar-refractivity contribution in [3.63, 3.8) is 0 Å². The van der Waals surface area contributed by atoms with E-state index in [1.807, 2.05) is 42.2 Å². The highest BCUT2D eigenvalue weighted by Gasteiger charge is 2.29. The van der Waals surface area contributed by atoms with Crippen molar-refractivity contribution in [3.05, 3.63) is 52.6 Å². The van der Waals surface area contributed by atoms with Gasteiger partial charge < -0.3 is 16.4 Å². The van der Waals surface area contributed by atoms with Gasteiger partial charge in [-0.3, -0.25) is 4.79 Å². The average molecular weight is 407 g/mol. The zero-order valence-corrected chi connectivity index (χ0v) is 16.9. The summed E-state index contributed by atoms with van der Waals surface area (Å²) in [6.45, 7) is 3.19. The van der Waals surface area contributed by atoms with Gasteiger partial charge in [-0.2, -0.15) is 10.5 Å². The van der Waals surface area contributed by atoms with Gasteiger partial charge in [0, 0.05) is 19.1 Å². The van der Waals surface area contributed by atoms with Crippen molar-refractivity contribution in [1.29, 1.82) is 10.5 Å². The summed E-state index contributed by atoms with van der Waals surface area (Å²) in [4.78, 5) is 18.8. The summed E-state index contributed by atoms with van der Waals surface area (Å²) >= 11 is 1.15. The van der Waals surface area contributed by atoms with Crippen LogP contribution in [-0.2, 0) is 11.2 Å². The van der Waals surface area contributed by atoms with Crippen LogP contribution in [0.25, 0.3) is 0 Å². The van der Waals surface area contributed by atoms with E-state index in [2.05, 4.69) is 17.1 Å². The van der Waals surface area contributed by atoms with Crippen LogP contribution in [-0.4, -0.2) is 30.0 Å². The number of hydrogen-bond acceptors (Lipinski definition) is 7. The number of pyridine rings is 1. The lowest BCUT2D eigenvalue weighted by Gasteiger charge is -2.23. The third-order valence-electron chi connectivity index (χ3n) is 4.94. The molecular formula is C21H22N6OS. The van der Waals surface area contributed by atoms with E-state index in [1.165, 1.54) is 0 Å². The van der Waals surface area contributed by atoms with Crippen LogP contribution >= 0.6 is 11.8 Å². The molecule has 2 aromatic rings. The zero-order chi connectivity index (χ0) is 21.0. The van der Waals surface area contributed by atoms with E-state index in [0.717, 1.165) is 23.7 Å². The number of nitrogens with two attached hydrogens (primary N) is 2. The first kappa shape index (κ1) is 20.7. The summed E-state index contributed by atoms with van der Waals surface area (Å²) in [5.74, 6) is 0.00845. The molecule has 0 bridgehead atoms. The second kappa shape index (κ2) is 8.95. The Morgan fingerprint density at radius 2 is 2.00 bits per heavy atom. The summed E-state index contributed by atoms with van der Waals surface area (Å²) in [6, 6.07) is 13.6. The molecule has 29 heavy (non-hydrogen) atoms. The Labute approximate surface area is 174 Å². The highest BCUT2D eigenvalue weighted by atomic mass is 32.2. The largest absolute Gasteiger partial charge is 0.368 e. The lowest BCUT2D eigenvalue weighted by Crippen LogP contribution is -2.28. The molecule has 1 aliphatic heterocycles. The third-order valence-corrected chi connectivity index (χ3v) is 6.20. The van der Waals surface area contributed by atoms with Gasteiger partial charge in [0.2, 0.25) is 5.91 Å². The number of rotatable bonds is 6. The van der Waals surface area contributed by atoms with E-state index < -0.39 is 11.2 Å². The van der Waals surface area contributed by atoms with Crippen molar-refractivity contribution >= 4 is 23.5 Å². The molecule has 3 rings (SSSR count). The van der Waals surface area contributed by atoms with Gasteiger partial charge in [0.25, 0.3) is 0 Å². The number of hydrogen-bond donors (Lipinski definition) is 2. The average Bonchev–Trinajstić information content (AvgIpc) is 3.17. The molecule has 148 valence electrons. The normalized spacial score (nSPS) is 16.8. The van der Waals surface area contributed by atoms with Gasteiger partial charge in [-0.05, 0) is 24.0 Å². The first-order valence-electron chi connectivity index (χ1n) is 9.38. The van der Waals surface area contributed by atoms with Gasteiger partial charge in [0.1, 0.15) is 28.2 Å². The number of primary amides is 1. The van der Waals surface area contributed by atoms with E-state index in [9.17, 15) is 15.3 Å². The lowest BCUT2D eigenvalue weighted by molar-refractivity contribution is -0.117. The fraction of sp³-hybridized carbons (Fsp3) is 0.333. The zero-order valence-electron chi connectivity index (χ0n) is 16.1. The van der Waals surface area contributed by atoms with Crippen molar-refractivity contribution < 1.29 is 4.79 Å². The molecule has 1 unspecified atom stereocenters. The van der Waals surface area contributed by atoms with Gasteiger partial charge in [-0.15, -0.1) is 0 Å². The number of carbonyl (C=O) groups excluding carboxylic acids is 1. The number of amides is 1. The van der Waals surface area contributed by atoms with Gasteiger partial charge in [-0.25, -0.2) is 4.98 Å². The van der Waals surface area contributed by atoms with E-state index >= 15 is 0 Å². The summed E-state index contributed by atoms with van der Waals surface area (Å²) in [7, 11) is 0. The van der Waals surface area contributed by atoms with Crippen LogP contribution in [0, 0.1) is 22.7 Å². The van der Waals surface area contributed by atoms with Crippen LogP contribution in [0.15, 0.2) is 35.4 Å². The number of benzene rings is 1. The summed E-state index contributed by atoms with van der Waals surface area (Å²) < 4.78 is 0. The standard InChI is InChI=1S/C21H22N6OS/c1-2-15-16(10-22)20(27-9-8-14(24)12-27)26-21(17(15)11-23)29-18(19(25)28)13-6-4-3-5-7-13/h3-7,14,18H,2,8-9,12,24H2,1H3,(H2,25,28)/t14-,18?/m0/s1. The summed E-state index contributed by atoms with van der Waals surface area (Å²) in [5.41, 5.74) is 13.8. The molecule has 1 aromatic heterocycles. The Hall–Kier alpha value is -3.07. The lowest BCUT2D eigenvalue weighted by atomic mass is 10.0. The highest BCUT2D eigenvalue weighted by Crippen LogP contribution is 2.39. The van der Waals surface area contributed by atoms with E-state index in [-0.39, 0.29) is 6.04 Å². The monoisotopic (exact) mass is 406 g/mol. The second-order valence-corrected chi connectivity index (χ2v) is 7.95. The molecule has 1 aliphatic rings. The number of aromatic nitrogens is 1. The smallest absolute Gasteiger partial charge is 0.235 e. The molecule has 8 heteroatoms. The molecule has 1 fully saturated rings. The minimum Gasteiger partial charge on any atom is -0.368 e. The van der Waals surface area contributed by atoms with Crippen molar-refractivity contribution in [3.8, 4) is 12.1 Å². The Morgan fingerprint density at radius 1 is 1.31 bits per heavy atom. The summed E-state index contributed by atoms with van der Waals surface area (Å²) in [5, 5.41) is 19.3. The maximum atomic E-state index is 12.2. The van der Waals surface area contributed by atoms with Crippen LogP contribution in [0.1, 0.15) is 40.8 Å². The van der Waals surface area contributed by atoms with Crippen LogP contribution in [0.4, 0.5) is 5.82 Å². The fourth-order valence-electron chi connectivity index (χ4n) is 3.51. The maximum Gasteiger partial charge on any atom is 0.235 e. The first-order valence-corrected chi connectivity index (χ1v) is 10.3. The molecule has 0 aliphatic carbocycles. The first-order chi connectivity index (χ1) is 14.0. The SMILES string of the molecule is CCc1c(C#N)c(SC(C(N)=O)c2ccccc2)nc(N2CC[C@H](N)C2)c1C#N. The molecule has 2 atom stereocenters. The van der Waals surface area contributed by atoms with E-state index in [1.54, 1.807) is 0 Å². The Bertz CT molecular complexity index is 995. The molecule has 4 N–H and O–H groups in total. The van der Waals surface area contributed by atoms with Gasteiger partial charge in [0.05, 0.1) is 11.1 Å². The van der Waals surface area contributed by atoms with Gasteiger partial charge in [-0.1, -0.05) is 49.0 Å². The third kappa shape index (κ3) is 4.19. The second-order valence-electron chi connectivity index (χ2n) is 6.85. The number of anilines is 1. The molecule has 2 heterocycles. The number of thioether (sulfide) groups is 1. The molecular weight excluding hydrogens is 384 g/mol. The highest BCUT2D eigenvalue weighted by molar-refractivity contribution is 8.00. The van der Waals surface area contributed by atoms with Crippen LogP contribution in [0.3, 0.4) is 0 Å². The van der Waals surface area contributed by atoms with Crippen LogP contribution in [0.5, 0.6) is 0 Å². The Kier molecular flexibility index (Phi) is 6.38. The number of carbonyl (C=O) groups is 1. The van der Waals surface area contributed by atoms with Crippen molar-refractivity contribution in [1.82, 2.24) is 4.98 Å². The molecule has 0 radical (unpaired) electrons. The van der Waals surface area contributed by atoms with E-state index in [0.29, 0.717) is 47.0 Å². The summed E-state index contributed by atoms with van der Waals surface area (Å²) in [6.07, 6.45) is 1.31.